The molecule has 1 aromatic carbocycles. The number of pyridine rings is 1. The number of phenols is 1. The van der Waals surface area contributed by atoms with Crippen molar-refractivity contribution >= 4 is 21.6 Å². The molecule has 4 rings (SSSR count). The van der Waals surface area contributed by atoms with Gasteiger partial charge in [-0.1, -0.05) is 6.07 Å². The Hall–Kier alpha value is -2.09. The first-order chi connectivity index (χ1) is 12.1. The number of phenolic OH excluding ortho intramolecular Hbond substituents is 1. The fourth-order valence-corrected chi connectivity index (χ4v) is 3.93. The number of hydrogen-bond donors (Lipinski definition) is 1. The molecule has 0 spiro atoms. The Labute approximate surface area is 148 Å². The number of benzene rings is 1. The van der Waals surface area contributed by atoms with E-state index in [0.29, 0.717) is 43.1 Å². The highest BCUT2D eigenvalue weighted by atomic mass is 32.1. The molecule has 130 valence electrons. The summed E-state index contributed by atoms with van der Waals surface area (Å²) in [6, 6.07) is 4.77. The lowest BCUT2D eigenvalue weighted by Gasteiger charge is -2.34. The van der Waals surface area contributed by atoms with E-state index in [9.17, 15) is 9.50 Å². The Morgan fingerprint density at radius 2 is 2.08 bits per heavy atom. The van der Waals surface area contributed by atoms with Gasteiger partial charge in [0.25, 0.3) is 0 Å². The number of morpholine rings is 1. The van der Waals surface area contributed by atoms with Crippen molar-refractivity contribution in [2.24, 2.45) is 0 Å². The molecule has 0 amide bonds. The van der Waals surface area contributed by atoms with Gasteiger partial charge in [-0.3, -0.25) is 9.88 Å². The Morgan fingerprint density at radius 3 is 2.84 bits per heavy atom. The van der Waals surface area contributed by atoms with Crippen LogP contribution in [0.15, 0.2) is 29.9 Å². The molecule has 3 aromatic rings. The zero-order chi connectivity index (χ0) is 17.4. The fourth-order valence-electron chi connectivity index (χ4n) is 3.25. The summed E-state index contributed by atoms with van der Waals surface area (Å²) in [5.41, 5.74) is 3.95. The quantitative estimate of drug-likeness (QED) is 0.778. The van der Waals surface area contributed by atoms with Crippen LogP contribution in [0.5, 0.6) is 5.75 Å². The highest BCUT2D eigenvalue weighted by Gasteiger charge is 2.30. The van der Waals surface area contributed by atoms with Crippen molar-refractivity contribution < 1.29 is 14.2 Å². The van der Waals surface area contributed by atoms with Crippen molar-refractivity contribution in [1.29, 1.82) is 0 Å². The fraction of sp³-hybridized carbons (Fsp3) is 0.333. The zero-order valence-corrected chi connectivity index (χ0v) is 14.6. The van der Waals surface area contributed by atoms with Gasteiger partial charge >= 0.3 is 0 Å². The van der Waals surface area contributed by atoms with Crippen LogP contribution in [-0.4, -0.2) is 46.3 Å². The van der Waals surface area contributed by atoms with E-state index >= 15 is 0 Å². The highest BCUT2D eigenvalue weighted by molar-refractivity contribution is 7.16. The molecule has 1 aliphatic heterocycles. The minimum absolute atomic E-state index is 0.0945. The second-order valence-electron chi connectivity index (χ2n) is 6.13. The number of aromatic hydroxyl groups is 1. The Balaban J connectivity index is 1.87. The zero-order valence-electron chi connectivity index (χ0n) is 13.8. The van der Waals surface area contributed by atoms with Gasteiger partial charge in [0.2, 0.25) is 0 Å². The smallest absolute Gasteiger partial charge is 0.147 e. The number of rotatable bonds is 3. The summed E-state index contributed by atoms with van der Waals surface area (Å²) in [6.07, 6.45) is 1.66. The second-order valence-corrected chi connectivity index (χ2v) is 7.02. The van der Waals surface area contributed by atoms with Gasteiger partial charge in [0.15, 0.2) is 0 Å². The van der Waals surface area contributed by atoms with Crippen LogP contribution in [0.3, 0.4) is 0 Å². The van der Waals surface area contributed by atoms with Crippen LogP contribution < -0.4 is 0 Å². The first-order valence-corrected chi connectivity index (χ1v) is 9.02. The van der Waals surface area contributed by atoms with Crippen molar-refractivity contribution in [2.75, 3.05) is 26.3 Å². The highest BCUT2D eigenvalue weighted by Crippen LogP contribution is 2.39. The number of halogens is 1. The van der Waals surface area contributed by atoms with Gasteiger partial charge in [0.1, 0.15) is 17.1 Å². The Morgan fingerprint density at radius 1 is 1.28 bits per heavy atom. The number of ether oxygens (including phenoxy) is 1. The Kier molecular flexibility index (Phi) is 4.37. The van der Waals surface area contributed by atoms with E-state index in [1.807, 2.05) is 19.1 Å². The number of hydrogen-bond acceptors (Lipinski definition) is 6. The predicted molar refractivity (Wildman–Crippen MR) is 94.5 cm³/mol. The monoisotopic (exact) mass is 359 g/mol. The van der Waals surface area contributed by atoms with Crippen LogP contribution in [0.2, 0.25) is 0 Å². The molecular weight excluding hydrogens is 341 g/mol. The van der Waals surface area contributed by atoms with Gasteiger partial charge in [-0.05, 0) is 24.6 Å². The third-order valence-corrected chi connectivity index (χ3v) is 5.27. The van der Waals surface area contributed by atoms with Crippen LogP contribution in [0.1, 0.15) is 22.9 Å². The molecule has 7 heteroatoms. The average molecular weight is 359 g/mol. The summed E-state index contributed by atoms with van der Waals surface area (Å²) in [6.45, 7) is 4.25. The number of thiazole rings is 1. The second kappa shape index (κ2) is 6.67. The minimum atomic E-state index is -0.476. The maximum atomic E-state index is 14.7. The van der Waals surface area contributed by atoms with Gasteiger partial charge < -0.3 is 9.84 Å². The SMILES string of the molecule is Cc1cnc(C(c2ccc3scnc3c2O)N2CCOCC2)c(F)c1. The molecule has 0 bridgehead atoms. The van der Waals surface area contributed by atoms with E-state index in [4.69, 9.17) is 4.74 Å². The van der Waals surface area contributed by atoms with Crippen molar-refractivity contribution in [2.45, 2.75) is 13.0 Å². The minimum Gasteiger partial charge on any atom is -0.505 e. The van der Waals surface area contributed by atoms with Crippen molar-refractivity contribution in [3.05, 3.63) is 52.5 Å². The van der Waals surface area contributed by atoms with Gasteiger partial charge in [-0.15, -0.1) is 11.3 Å². The molecule has 1 N–H and O–H groups in total. The molecule has 3 heterocycles. The summed E-state index contributed by atoms with van der Waals surface area (Å²) >= 11 is 1.46. The third kappa shape index (κ3) is 2.99. The van der Waals surface area contributed by atoms with Crippen molar-refractivity contribution in [3.63, 3.8) is 0 Å². The maximum Gasteiger partial charge on any atom is 0.147 e. The summed E-state index contributed by atoms with van der Waals surface area (Å²) < 4.78 is 21.0. The number of nitrogens with zero attached hydrogens (tertiary/aromatic N) is 3. The Bertz CT molecular complexity index is 908. The van der Waals surface area contributed by atoms with E-state index in [-0.39, 0.29) is 11.6 Å². The van der Waals surface area contributed by atoms with E-state index in [1.165, 1.54) is 17.4 Å². The molecule has 0 saturated carbocycles. The maximum absolute atomic E-state index is 14.7. The van der Waals surface area contributed by atoms with E-state index in [2.05, 4.69) is 14.9 Å². The summed E-state index contributed by atoms with van der Waals surface area (Å²) in [5.74, 6) is -0.272. The van der Waals surface area contributed by atoms with Crippen molar-refractivity contribution in [1.82, 2.24) is 14.9 Å². The van der Waals surface area contributed by atoms with Crippen LogP contribution >= 0.6 is 11.3 Å². The van der Waals surface area contributed by atoms with E-state index < -0.39 is 6.04 Å². The number of aromatic nitrogens is 2. The first-order valence-electron chi connectivity index (χ1n) is 8.14. The molecule has 1 aliphatic rings. The molecule has 0 aliphatic carbocycles. The number of aryl methyl sites for hydroxylation is 1. The summed E-state index contributed by atoms with van der Waals surface area (Å²) in [5, 5.41) is 10.8. The van der Waals surface area contributed by atoms with Gasteiger partial charge in [-0.25, -0.2) is 9.37 Å². The molecule has 0 radical (unpaired) electrons. The molecule has 2 aromatic heterocycles. The summed E-state index contributed by atoms with van der Waals surface area (Å²) in [7, 11) is 0. The molecule has 1 fully saturated rings. The average Bonchev–Trinajstić information content (AvgIpc) is 3.09. The summed E-state index contributed by atoms with van der Waals surface area (Å²) in [4.78, 5) is 10.7. The normalized spacial score (nSPS) is 17.0. The van der Waals surface area contributed by atoms with Gasteiger partial charge in [0.05, 0.1) is 35.2 Å². The molecule has 5 nitrogen and oxygen atoms in total. The van der Waals surface area contributed by atoms with Gasteiger partial charge in [-0.2, -0.15) is 0 Å². The standard InChI is InChI=1S/C18H18FN3O2S/c1-11-8-13(19)15(20-9-11)17(22-4-6-24-7-5-22)12-2-3-14-16(18(12)23)21-10-25-14/h2-3,8-10,17,23H,4-7H2,1H3. The molecule has 1 saturated heterocycles. The van der Waals surface area contributed by atoms with Crippen LogP contribution in [0.25, 0.3) is 10.2 Å². The van der Waals surface area contributed by atoms with E-state index in [0.717, 1.165) is 10.3 Å². The molecule has 25 heavy (non-hydrogen) atoms. The van der Waals surface area contributed by atoms with Gasteiger partial charge in [0, 0.05) is 24.8 Å². The lowest BCUT2D eigenvalue weighted by atomic mass is 9.98. The largest absolute Gasteiger partial charge is 0.505 e. The lowest BCUT2D eigenvalue weighted by molar-refractivity contribution is 0.0222. The lowest BCUT2D eigenvalue weighted by Crippen LogP contribution is -2.40. The molecule has 1 atom stereocenters. The van der Waals surface area contributed by atoms with Crippen LogP contribution in [-0.2, 0) is 4.74 Å². The third-order valence-electron chi connectivity index (χ3n) is 4.48. The predicted octanol–water partition coefficient (Wildman–Crippen LogP) is 3.27. The van der Waals surface area contributed by atoms with E-state index in [1.54, 1.807) is 11.7 Å². The molecule has 1 unspecified atom stereocenters. The van der Waals surface area contributed by atoms with Crippen LogP contribution in [0.4, 0.5) is 4.39 Å². The first kappa shape index (κ1) is 16.4. The van der Waals surface area contributed by atoms with Crippen molar-refractivity contribution in [3.8, 4) is 5.75 Å². The van der Waals surface area contributed by atoms with Crippen LogP contribution in [0, 0.1) is 12.7 Å². The number of fused-ring (bicyclic) bond motifs is 1. The topological polar surface area (TPSA) is 58.5 Å². The molecular formula is C18H18FN3O2S.